The van der Waals surface area contributed by atoms with Gasteiger partial charge in [-0.25, -0.2) is 0 Å². The molecular weight excluding hydrogens is 430 g/mol. The zero-order chi connectivity index (χ0) is 23.1. The minimum Gasteiger partial charge on any atom is -0.483 e. The lowest BCUT2D eigenvalue weighted by Gasteiger charge is -2.44. The van der Waals surface area contributed by atoms with Crippen molar-refractivity contribution in [2.24, 2.45) is 5.92 Å². The normalized spacial score (nSPS) is 21.4. The molecule has 5 rings (SSSR count). The van der Waals surface area contributed by atoms with E-state index in [1.165, 1.54) is 24.4 Å². The summed E-state index contributed by atoms with van der Waals surface area (Å²) in [6, 6.07) is 6.04. The monoisotopic (exact) mass is 461 g/mol. The summed E-state index contributed by atoms with van der Waals surface area (Å²) >= 11 is 1.33. The Morgan fingerprint density at radius 2 is 1.97 bits per heavy atom. The maximum atomic E-state index is 12.9. The smallest absolute Gasteiger partial charge is 0.290 e. The first kappa shape index (κ1) is 23.9. The van der Waals surface area contributed by atoms with Gasteiger partial charge in [0.1, 0.15) is 5.69 Å². The van der Waals surface area contributed by atoms with Gasteiger partial charge in [0.05, 0.1) is 11.2 Å². The van der Waals surface area contributed by atoms with E-state index >= 15 is 0 Å². The number of hydrogen-bond donors (Lipinski definition) is 3. The van der Waals surface area contributed by atoms with Crippen LogP contribution in [0.5, 0.6) is 0 Å². The van der Waals surface area contributed by atoms with E-state index in [2.05, 4.69) is 19.9 Å². The van der Waals surface area contributed by atoms with Gasteiger partial charge in [-0.15, -0.1) is 0 Å². The number of carbonyl (C=O) groups is 3. The first-order valence-electron chi connectivity index (χ1n) is 11.0. The lowest BCUT2D eigenvalue weighted by atomic mass is 9.84. The van der Waals surface area contributed by atoms with Gasteiger partial charge in [0.15, 0.2) is 0 Å². The fraction of sp³-hybridized carbons (Fsp3) is 0.545. The van der Waals surface area contributed by atoms with Crippen LogP contribution in [-0.2, 0) is 9.59 Å². The molecule has 9 nitrogen and oxygen atoms in total. The number of hydrogen-bond acceptors (Lipinski definition) is 7. The number of carbonyl (C=O) groups excluding carboxylic acids is 2. The topological polar surface area (TPSA) is 115 Å². The molecule has 3 N–H and O–H groups in total. The molecule has 10 heteroatoms. The van der Waals surface area contributed by atoms with Crippen LogP contribution >= 0.6 is 11.5 Å². The standard InChI is InChI=1S/C21H29N5O2S.CH2O2/c1-3-26(4-2)19(27)12-22-15-5-6-16-18(11-15)29-24-20(16)21(28)23-17-13-25-9-7-14(17)8-10-25;2-1-3/h5-6,11,14,17,22H,3-4,7-10,12-13H2,1-2H3,(H,23,28);1H,(H,2,3)/t17-;/m1./s1. The molecule has 1 aromatic carbocycles. The Morgan fingerprint density at radius 1 is 1.28 bits per heavy atom. The molecule has 1 atom stereocenters. The number of rotatable bonds is 7. The number of carboxylic acid groups (broad SMARTS) is 1. The Morgan fingerprint density at radius 3 is 2.56 bits per heavy atom. The molecule has 2 aromatic rings. The molecule has 2 bridgehead atoms. The molecule has 4 heterocycles. The lowest BCUT2D eigenvalue weighted by molar-refractivity contribution is -0.129. The second-order valence-electron chi connectivity index (χ2n) is 7.99. The van der Waals surface area contributed by atoms with Crippen molar-refractivity contribution in [3.05, 3.63) is 23.9 Å². The van der Waals surface area contributed by atoms with Crippen molar-refractivity contribution in [1.29, 1.82) is 0 Å². The van der Waals surface area contributed by atoms with Gasteiger partial charge in [0.25, 0.3) is 12.4 Å². The molecular formula is C22H31N5O4S. The Balaban J connectivity index is 0.000000913. The number of nitrogens with zero attached hydrogens (tertiary/aromatic N) is 3. The Kier molecular flexibility index (Phi) is 8.40. The third-order valence-corrected chi connectivity index (χ3v) is 7.03. The molecule has 0 saturated carbocycles. The average Bonchev–Trinajstić information content (AvgIpc) is 3.23. The summed E-state index contributed by atoms with van der Waals surface area (Å²) in [5.74, 6) is 0.595. The highest BCUT2D eigenvalue weighted by molar-refractivity contribution is 7.13. The molecule has 3 fully saturated rings. The van der Waals surface area contributed by atoms with Crippen molar-refractivity contribution in [3.8, 4) is 0 Å². The first-order valence-corrected chi connectivity index (χ1v) is 11.8. The highest BCUT2D eigenvalue weighted by Crippen LogP contribution is 2.29. The molecule has 0 aliphatic carbocycles. The van der Waals surface area contributed by atoms with Crippen LogP contribution in [0.2, 0.25) is 0 Å². The van der Waals surface area contributed by atoms with Crippen LogP contribution in [0.25, 0.3) is 10.1 Å². The van der Waals surface area contributed by atoms with E-state index in [1.807, 2.05) is 32.0 Å². The third-order valence-electron chi connectivity index (χ3n) is 6.22. The second-order valence-corrected chi connectivity index (χ2v) is 8.79. The predicted octanol–water partition coefficient (Wildman–Crippen LogP) is 2.10. The van der Waals surface area contributed by atoms with Gasteiger partial charge in [-0.3, -0.25) is 14.4 Å². The van der Waals surface area contributed by atoms with Gasteiger partial charge in [0, 0.05) is 36.7 Å². The summed E-state index contributed by atoms with van der Waals surface area (Å²) in [7, 11) is 0. The summed E-state index contributed by atoms with van der Waals surface area (Å²) in [6.45, 7) is 8.66. The maximum Gasteiger partial charge on any atom is 0.290 e. The molecule has 1 aromatic heterocycles. The Bertz CT molecular complexity index is 938. The van der Waals surface area contributed by atoms with Crippen LogP contribution in [0.4, 0.5) is 5.69 Å². The summed E-state index contributed by atoms with van der Waals surface area (Å²) in [4.78, 5) is 37.6. The van der Waals surface area contributed by atoms with Crippen LogP contribution in [0.3, 0.4) is 0 Å². The predicted molar refractivity (Wildman–Crippen MR) is 125 cm³/mol. The fourth-order valence-electron chi connectivity index (χ4n) is 4.44. The van der Waals surface area contributed by atoms with E-state index in [0.717, 1.165) is 35.4 Å². The van der Waals surface area contributed by atoms with Crippen molar-refractivity contribution in [2.45, 2.75) is 32.7 Å². The van der Waals surface area contributed by atoms with E-state index in [9.17, 15) is 9.59 Å². The number of amides is 2. The number of fused-ring (bicyclic) bond motifs is 4. The number of anilines is 1. The maximum absolute atomic E-state index is 12.9. The van der Waals surface area contributed by atoms with E-state index in [0.29, 0.717) is 24.7 Å². The number of nitrogens with one attached hydrogen (secondary N) is 2. The zero-order valence-corrected chi connectivity index (χ0v) is 19.4. The molecule has 32 heavy (non-hydrogen) atoms. The van der Waals surface area contributed by atoms with Crippen molar-refractivity contribution in [3.63, 3.8) is 0 Å². The zero-order valence-electron chi connectivity index (χ0n) is 18.5. The number of piperidine rings is 3. The summed E-state index contributed by atoms with van der Waals surface area (Å²) < 4.78 is 5.38. The summed E-state index contributed by atoms with van der Waals surface area (Å²) in [5.41, 5.74) is 1.37. The number of likely N-dealkylation sites (N-methyl/N-ethyl adjacent to an activating group) is 1. The van der Waals surface area contributed by atoms with E-state index in [1.54, 1.807) is 4.90 Å². The van der Waals surface area contributed by atoms with Crippen molar-refractivity contribution < 1.29 is 19.5 Å². The van der Waals surface area contributed by atoms with Gasteiger partial charge in [-0.1, -0.05) is 0 Å². The molecule has 0 radical (unpaired) electrons. The van der Waals surface area contributed by atoms with E-state index in [4.69, 9.17) is 9.90 Å². The lowest BCUT2D eigenvalue weighted by Crippen LogP contribution is -2.57. The third kappa shape index (κ3) is 5.55. The SMILES string of the molecule is CCN(CC)C(=O)CNc1ccc2c(C(=O)N[C@@H]3CN4CCC3CC4)nsc2c1.O=CO. The number of benzene rings is 1. The first-order chi connectivity index (χ1) is 15.5. The van der Waals surface area contributed by atoms with Gasteiger partial charge in [0.2, 0.25) is 5.91 Å². The number of aromatic nitrogens is 1. The van der Waals surface area contributed by atoms with E-state index in [-0.39, 0.29) is 30.9 Å². The second kappa shape index (κ2) is 11.2. The minimum absolute atomic E-state index is 0.0765. The highest BCUT2D eigenvalue weighted by atomic mass is 32.1. The van der Waals surface area contributed by atoms with Gasteiger partial charge >= 0.3 is 0 Å². The van der Waals surface area contributed by atoms with Crippen LogP contribution in [0.15, 0.2) is 18.2 Å². The molecule has 3 aliphatic heterocycles. The van der Waals surface area contributed by atoms with Crippen LogP contribution in [0, 0.1) is 5.92 Å². The quantitative estimate of drug-likeness (QED) is 0.541. The fourth-order valence-corrected chi connectivity index (χ4v) is 5.26. The molecule has 2 amide bonds. The largest absolute Gasteiger partial charge is 0.483 e. The van der Waals surface area contributed by atoms with Crippen LogP contribution in [-0.4, -0.2) is 82.9 Å². The minimum atomic E-state index is -0.250. The van der Waals surface area contributed by atoms with Crippen molar-refractivity contribution >= 4 is 45.6 Å². The Labute approximate surface area is 191 Å². The van der Waals surface area contributed by atoms with Crippen LogP contribution in [0.1, 0.15) is 37.2 Å². The van der Waals surface area contributed by atoms with Crippen LogP contribution < -0.4 is 10.6 Å². The molecule has 0 unspecified atom stereocenters. The average molecular weight is 462 g/mol. The summed E-state index contributed by atoms with van der Waals surface area (Å²) in [6.07, 6.45) is 2.34. The highest BCUT2D eigenvalue weighted by Gasteiger charge is 2.35. The van der Waals surface area contributed by atoms with Crippen molar-refractivity contribution in [2.75, 3.05) is 44.6 Å². The van der Waals surface area contributed by atoms with Gasteiger partial charge in [-0.05, 0) is 75.4 Å². The Hall–Kier alpha value is -2.72. The molecule has 3 saturated heterocycles. The van der Waals surface area contributed by atoms with Crippen molar-refractivity contribution in [1.82, 2.24) is 19.5 Å². The molecule has 0 spiro atoms. The van der Waals surface area contributed by atoms with E-state index < -0.39 is 0 Å². The summed E-state index contributed by atoms with van der Waals surface area (Å²) in [5, 5.41) is 14.2. The molecule has 174 valence electrons. The molecule has 3 aliphatic rings. The van der Waals surface area contributed by atoms with Gasteiger partial charge < -0.3 is 25.5 Å². The van der Waals surface area contributed by atoms with Gasteiger partial charge in [-0.2, -0.15) is 4.37 Å².